The Morgan fingerprint density at radius 1 is 1.33 bits per heavy atom. The van der Waals surface area contributed by atoms with E-state index in [-0.39, 0.29) is 23.6 Å². The molecule has 0 saturated heterocycles. The summed E-state index contributed by atoms with van der Waals surface area (Å²) in [6.45, 7) is 2.40. The first-order valence-electron chi connectivity index (χ1n) is 7.43. The summed E-state index contributed by atoms with van der Waals surface area (Å²) in [7, 11) is 0. The minimum atomic E-state index is -0.436. The number of ether oxygens (including phenoxy) is 2. The fraction of sp³-hybridized carbons (Fsp3) is 0.600. The zero-order chi connectivity index (χ0) is 15.2. The molecule has 0 unspecified atom stereocenters. The SMILES string of the molecule is CCCOc1cc(OC2CCC(N)CC2)ccc1[N+](=O)[O-]. The molecule has 0 aliphatic heterocycles. The molecule has 0 aromatic heterocycles. The minimum absolute atomic E-state index is 0.0264. The van der Waals surface area contributed by atoms with Crippen molar-refractivity contribution in [2.45, 2.75) is 51.2 Å². The van der Waals surface area contributed by atoms with Gasteiger partial charge in [0, 0.05) is 18.2 Å². The van der Waals surface area contributed by atoms with Gasteiger partial charge in [0.25, 0.3) is 0 Å². The van der Waals surface area contributed by atoms with Gasteiger partial charge in [-0.15, -0.1) is 0 Å². The van der Waals surface area contributed by atoms with Crippen LogP contribution in [0.5, 0.6) is 11.5 Å². The smallest absolute Gasteiger partial charge is 0.311 e. The van der Waals surface area contributed by atoms with Crippen LogP contribution in [0, 0.1) is 10.1 Å². The van der Waals surface area contributed by atoms with Crippen molar-refractivity contribution in [2.24, 2.45) is 5.73 Å². The molecule has 1 aliphatic rings. The largest absolute Gasteiger partial charge is 0.490 e. The van der Waals surface area contributed by atoms with Crippen LogP contribution in [-0.2, 0) is 0 Å². The average Bonchev–Trinajstić information content (AvgIpc) is 2.47. The summed E-state index contributed by atoms with van der Waals surface area (Å²) in [5.41, 5.74) is 5.85. The van der Waals surface area contributed by atoms with Crippen LogP contribution in [0.25, 0.3) is 0 Å². The Bertz CT molecular complexity index is 485. The molecule has 0 atom stereocenters. The zero-order valence-electron chi connectivity index (χ0n) is 12.3. The Labute approximate surface area is 124 Å². The van der Waals surface area contributed by atoms with Gasteiger partial charge in [0.2, 0.25) is 5.75 Å². The van der Waals surface area contributed by atoms with E-state index in [1.165, 1.54) is 6.07 Å². The molecule has 2 N–H and O–H groups in total. The third-order valence-electron chi connectivity index (χ3n) is 3.61. The molecule has 0 radical (unpaired) electrons. The van der Waals surface area contributed by atoms with Crippen molar-refractivity contribution in [3.8, 4) is 11.5 Å². The number of nitro groups is 1. The second kappa shape index (κ2) is 7.26. The van der Waals surface area contributed by atoms with Gasteiger partial charge in [0.1, 0.15) is 5.75 Å². The lowest BCUT2D eigenvalue weighted by atomic mass is 9.94. The fourth-order valence-electron chi connectivity index (χ4n) is 2.45. The molecule has 6 heteroatoms. The highest BCUT2D eigenvalue weighted by molar-refractivity contribution is 5.50. The van der Waals surface area contributed by atoms with E-state index in [0.29, 0.717) is 12.4 Å². The minimum Gasteiger partial charge on any atom is -0.490 e. The van der Waals surface area contributed by atoms with E-state index in [2.05, 4.69) is 0 Å². The number of benzene rings is 1. The molecule has 1 saturated carbocycles. The van der Waals surface area contributed by atoms with E-state index < -0.39 is 4.92 Å². The maximum Gasteiger partial charge on any atom is 0.311 e. The van der Waals surface area contributed by atoms with E-state index >= 15 is 0 Å². The molecule has 1 fully saturated rings. The molecule has 0 heterocycles. The van der Waals surface area contributed by atoms with Gasteiger partial charge in [-0.2, -0.15) is 0 Å². The fourth-order valence-corrected chi connectivity index (χ4v) is 2.45. The van der Waals surface area contributed by atoms with Gasteiger partial charge < -0.3 is 15.2 Å². The first-order chi connectivity index (χ1) is 10.1. The molecule has 21 heavy (non-hydrogen) atoms. The Kier molecular flexibility index (Phi) is 5.38. The van der Waals surface area contributed by atoms with Crippen LogP contribution >= 0.6 is 0 Å². The van der Waals surface area contributed by atoms with Crippen LogP contribution in [0.4, 0.5) is 5.69 Å². The maximum absolute atomic E-state index is 11.0. The average molecular weight is 294 g/mol. The Hall–Kier alpha value is -1.82. The van der Waals surface area contributed by atoms with Gasteiger partial charge in [-0.1, -0.05) is 6.92 Å². The summed E-state index contributed by atoms with van der Waals surface area (Å²) >= 11 is 0. The highest BCUT2D eigenvalue weighted by Gasteiger charge is 2.21. The monoisotopic (exact) mass is 294 g/mol. The molecule has 1 aromatic carbocycles. The second-order valence-electron chi connectivity index (χ2n) is 5.39. The maximum atomic E-state index is 11.0. The summed E-state index contributed by atoms with van der Waals surface area (Å²) in [6, 6.07) is 4.95. The van der Waals surface area contributed by atoms with Gasteiger partial charge >= 0.3 is 5.69 Å². The van der Waals surface area contributed by atoms with E-state index in [1.54, 1.807) is 12.1 Å². The van der Waals surface area contributed by atoms with E-state index in [4.69, 9.17) is 15.2 Å². The predicted molar refractivity (Wildman–Crippen MR) is 79.7 cm³/mol. The van der Waals surface area contributed by atoms with E-state index in [9.17, 15) is 10.1 Å². The third-order valence-corrected chi connectivity index (χ3v) is 3.61. The van der Waals surface area contributed by atoms with Crippen LogP contribution < -0.4 is 15.2 Å². The molecule has 0 bridgehead atoms. The summed E-state index contributed by atoms with van der Waals surface area (Å²) in [5, 5.41) is 11.0. The normalized spacial score (nSPS) is 21.8. The van der Waals surface area contributed by atoms with Crippen LogP contribution in [0.3, 0.4) is 0 Å². The number of nitrogens with two attached hydrogens (primary N) is 1. The van der Waals surface area contributed by atoms with Crippen LogP contribution in [0.1, 0.15) is 39.0 Å². The van der Waals surface area contributed by atoms with Gasteiger partial charge in [0.15, 0.2) is 0 Å². The van der Waals surface area contributed by atoms with E-state index in [1.807, 2.05) is 6.92 Å². The van der Waals surface area contributed by atoms with Crippen molar-refractivity contribution in [1.82, 2.24) is 0 Å². The highest BCUT2D eigenvalue weighted by Crippen LogP contribution is 2.33. The van der Waals surface area contributed by atoms with Crippen molar-refractivity contribution in [3.05, 3.63) is 28.3 Å². The number of hydrogen-bond donors (Lipinski definition) is 1. The molecule has 6 nitrogen and oxygen atoms in total. The van der Waals surface area contributed by atoms with Gasteiger partial charge in [-0.3, -0.25) is 10.1 Å². The first kappa shape index (κ1) is 15.6. The number of nitro benzene ring substituents is 1. The highest BCUT2D eigenvalue weighted by atomic mass is 16.6. The number of hydrogen-bond acceptors (Lipinski definition) is 5. The molecule has 1 aromatic rings. The van der Waals surface area contributed by atoms with Crippen molar-refractivity contribution in [2.75, 3.05) is 6.61 Å². The van der Waals surface area contributed by atoms with Crippen molar-refractivity contribution < 1.29 is 14.4 Å². The lowest BCUT2D eigenvalue weighted by Crippen LogP contribution is -2.31. The molecular weight excluding hydrogens is 272 g/mol. The van der Waals surface area contributed by atoms with Gasteiger partial charge in [-0.25, -0.2) is 0 Å². The lowest BCUT2D eigenvalue weighted by molar-refractivity contribution is -0.385. The summed E-state index contributed by atoms with van der Waals surface area (Å²) in [5.74, 6) is 0.888. The number of nitrogens with zero attached hydrogens (tertiary/aromatic N) is 1. The molecule has 116 valence electrons. The molecule has 1 aliphatic carbocycles. The number of rotatable bonds is 6. The third kappa shape index (κ3) is 4.32. The zero-order valence-corrected chi connectivity index (χ0v) is 12.3. The van der Waals surface area contributed by atoms with Crippen LogP contribution in [0.2, 0.25) is 0 Å². The van der Waals surface area contributed by atoms with Crippen molar-refractivity contribution in [1.29, 1.82) is 0 Å². The Morgan fingerprint density at radius 2 is 2.05 bits per heavy atom. The summed E-state index contributed by atoms with van der Waals surface area (Å²) in [4.78, 5) is 10.6. The molecule has 2 rings (SSSR count). The molecular formula is C15H22N2O4. The van der Waals surface area contributed by atoms with Gasteiger partial charge in [-0.05, 0) is 38.2 Å². The van der Waals surface area contributed by atoms with Gasteiger partial charge in [0.05, 0.1) is 17.6 Å². The van der Waals surface area contributed by atoms with Crippen molar-refractivity contribution in [3.63, 3.8) is 0 Å². The quantitative estimate of drug-likeness (QED) is 0.643. The summed E-state index contributed by atoms with van der Waals surface area (Å²) < 4.78 is 11.4. The van der Waals surface area contributed by atoms with Crippen LogP contribution in [0.15, 0.2) is 18.2 Å². The first-order valence-corrected chi connectivity index (χ1v) is 7.43. The Balaban J connectivity index is 2.07. The van der Waals surface area contributed by atoms with Crippen LogP contribution in [-0.4, -0.2) is 23.7 Å². The standard InChI is InChI=1S/C15H22N2O4/c1-2-9-20-15-10-13(7-8-14(15)17(18)19)21-12-5-3-11(16)4-6-12/h7-8,10-12H,2-6,9,16H2,1H3. The van der Waals surface area contributed by atoms with Crippen molar-refractivity contribution >= 4 is 5.69 Å². The molecule has 0 amide bonds. The Morgan fingerprint density at radius 3 is 2.67 bits per heavy atom. The predicted octanol–water partition coefficient (Wildman–Crippen LogP) is 3.03. The lowest BCUT2D eigenvalue weighted by Gasteiger charge is -2.26. The van der Waals surface area contributed by atoms with E-state index in [0.717, 1.165) is 32.1 Å². The summed E-state index contributed by atoms with van der Waals surface area (Å²) in [6.07, 6.45) is 4.67. The topological polar surface area (TPSA) is 87.6 Å². The second-order valence-corrected chi connectivity index (χ2v) is 5.39. The molecule has 0 spiro atoms.